The Morgan fingerprint density at radius 1 is 1.10 bits per heavy atom. The maximum Gasteiger partial charge on any atom is 0.176 e. The van der Waals surface area contributed by atoms with E-state index in [-0.39, 0.29) is 5.78 Å². The number of rotatable bonds is 3. The molecule has 3 heteroatoms. The van der Waals surface area contributed by atoms with Crippen LogP contribution in [0.3, 0.4) is 0 Å². The van der Waals surface area contributed by atoms with E-state index in [2.05, 4.69) is 45.1 Å². The van der Waals surface area contributed by atoms with E-state index in [4.69, 9.17) is 0 Å². The summed E-state index contributed by atoms with van der Waals surface area (Å²) in [6.07, 6.45) is 1.03. The number of ketones is 1. The van der Waals surface area contributed by atoms with E-state index in [1.54, 1.807) is 0 Å². The number of hydrogen-bond donors (Lipinski definition) is 0. The van der Waals surface area contributed by atoms with Crippen LogP contribution in [0.25, 0.3) is 0 Å². The van der Waals surface area contributed by atoms with Gasteiger partial charge in [0.2, 0.25) is 0 Å². The van der Waals surface area contributed by atoms with Gasteiger partial charge in [-0.3, -0.25) is 9.69 Å². The Kier molecular flexibility index (Phi) is 3.99. The molecule has 1 aliphatic rings. The minimum atomic E-state index is 0.186. The lowest BCUT2D eigenvalue weighted by Crippen LogP contribution is -2.34. The van der Waals surface area contributed by atoms with Gasteiger partial charge >= 0.3 is 0 Å². The van der Waals surface area contributed by atoms with E-state index in [0.717, 1.165) is 29.5 Å². The Morgan fingerprint density at radius 3 is 2.70 bits per heavy atom. The summed E-state index contributed by atoms with van der Waals surface area (Å²) in [5.41, 5.74) is 3.54. The van der Waals surface area contributed by atoms with Crippen molar-refractivity contribution in [1.29, 1.82) is 0 Å². The van der Waals surface area contributed by atoms with Gasteiger partial charge in [0.25, 0.3) is 0 Å². The molecule has 2 aromatic rings. The van der Waals surface area contributed by atoms with Gasteiger partial charge in [-0.15, -0.1) is 0 Å². The Labute approximate surface area is 127 Å². The number of nitrogens with zero attached hydrogens (tertiary/aromatic N) is 1. The smallest absolute Gasteiger partial charge is 0.176 e. The molecule has 0 unspecified atom stereocenters. The summed E-state index contributed by atoms with van der Waals surface area (Å²) >= 11 is 3.41. The van der Waals surface area contributed by atoms with Gasteiger partial charge in [-0.1, -0.05) is 52.3 Å². The molecule has 0 N–H and O–H groups in total. The highest BCUT2D eigenvalue weighted by molar-refractivity contribution is 9.10. The third kappa shape index (κ3) is 3.00. The standard InChI is InChI=1S/C17H16BrNO/c18-16-7-3-6-14(10-16)17(20)12-19-9-8-13-4-1-2-5-15(13)11-19/h1-7,10H,8-9,11-12H2. The summed E-state index contributed by atoms with van der Waals surface area (Å²) in [5.74, 6) is 0.186. The lowest BCUT2D eigenvalue weighted by atomic mass is 9.99. The van der Waals surface area contributed by atoms with Crippen LogP contribution in [0.2, 0.25) is 0 Å². The first kappa shape index (κ1) is 13.5. The lowest BCUT2D eigenvalue weighted by Gasteiger charge is -2.28. The molecule has 0 saturated carbocycles. The summed E-state index contributed by atoms with van der Waals surface area (Å²) in [5, 5.41) is 0. The molecule has 102 valence electrons. The van der Waals surface area contributed by atoms with Crippen LogP contribution in [-0.2, 0) is 13.0 Å². The zero-order chi connectivity index (χ0) is 13.9. The van der Waals surface area contributed by atoms with Crippen molar-refractivity contribution in [2.45, 2.75) is 13.0 Å². The third-order valence-electron chi connectivity index (χ3n) is 3.72. The molecule has 0 atom stereocenters. The van der Waals surface area contributed by atoms with Crippen LogP contribution in [0.4, 0.5) is 0 Å². The molecule has 1 aliphatic heterocycles. The molecule has 0 saturated heterocycles. The second kappa shape index (κ2) is 5.90. The maximum atomic E-state index is 12.3. The van der Waals surface area contributed by atoms with E-state index in [9.17, 15) is 4.79 Å². The Balaban J connectivity index is 1.69. The topological polar surface area (TPSA) is 20.3 Å². The second-order valence-electron chi connectivity index (χ2n) is 5.16. The molecule has 3 rings (SSSR count). The molecule has 0 fully saturated rings. The van der Waals surface area contributed by atoms with E-state index >= 15 is 0 Å². The molecule has 0 radical (unpaired) electrons. The predicted octanol–water partition coefficient (Wildman–Crippen LogP) is 3.69. The summed E-state index contributed by atoms with van der Waals surface area (Å²) in [6.45, 7) is 2.32. The maximum absolute atomic E-state index is 12.3. The van der Waals surface area contributed by atoms with Crippen molar-refractivity contribution >= 4 is 21.7 Å². The molecule has 1 heterocycles. The van der Waals surface area contributed by atoms with Gasteiger partial charge in [0, 0.05) is 23.1 Å². The van der Waals surface area contributed by atoms with Crippen LogP contribution in [-0.4, -0.2) is 23.8 Å². The van der Waals surface area contributed by atoms with E-state index in [0.29, 0.717) is 6.54 Å². The monoisotopic (exact) mass is 329 g/mol. The van der Waals surface area contributed by atoms with Crippen molar-refractivity contribution in [2.75, 3.05) is 13.1 Å². The van der Waals surface area contributed by atoms with Gasteiger partial charge < -0.3 is 0 Å². The molecule has 0 aromatic heterocycles. The Morgan fingerprint density at radius 2 is 1.90 bits per heavy atom. The number of halogens is 1. The van der Waals surface area contributed by atoms with Crippen LogP contribution in [0, 0.1) is 0 Å². The van der Waals surface area contributed by atoms with Gasteiger partial charge in [0.1, 0.15) is 0 Å². The van der Waals surface area contributed by atoms with Crippen LogP contribution < -0.4 is 0 Å². The quantitative estimate of drug-likeness (QED) is 0.800. The minimum absolute atomic E-state index is 0.186. The van der Waals surface area contributed by atoms with Crippen molar-refractivity contribution in [1.82, 2.24) is 4.90 Å². The molecular formula is C17H16BrNO. The Bertz CT molecular complexity index is 638. The molecule has 0 amide bonds. The van der Waals surface area contributed by atoms with Gasteiger partial charge in [0.15, 0.2) is 5.78 Å². The zero-order valence-corrected chi connectivity index (χ0v) is 12.8. The minimum Gasteiger partial charge on any atom is -0.293 e. The van der Waals surface area contributed by atoms with Crippen LogP contribution in [0.1, 0.15) is 21.5 Å². The molecule has 0 spiro atoms. The summed E-state index contributed by atoms with van der Waals surface area (Å²) in [6, 6.07) is 16.1. The van der Waals surface area contributed by atoms with Gasteiger partial charge in [-0.05, 0) is 29.7 Å². The molecule has 0 bridgehead atoms. The van der Waals surface area contributed by atoms with E-state index in [1.807, 2.05) is 24.3 Å². The number of fused-ring (bicyclic) bond motifs is 1. The van der Waals surface area contributed by atoms with E-state index in [1.165, 1.54) is 11.1 Å². The van der Waals surface area contributed by atoms with Gasteiger partial charge in [0.05, 0.1) is 6.54 Å². The predicted molar refractivity (Wildman–Crippen MR) is 83.9 cm³/mol. The first-order valence-corrected chi connectivity index (χ1v) is 7.59. The van der Waals surface area contributed by atoms with Crippen molar-refractivity contribution in [2.24, 2.45) is 0 Å². The highest BCUT2D eigenvalue weighted by Gasteiger charge is 2.18. The fourth-order valence-corrected chi connectivity index (χ4v) is 3.04. The van der Waals surface area contributed by atoms with Crippen molar-refractivity contribution < 1.29 is 4.79 Å². The van der Waals surface area contributed by atoms with Gasteiger partial charge in [-0.2, -0.15) is 0 Å². The molecular weight excluding hydrogens is 314 g/mol. The van der Waals surface area contributed by atoms with E-state index < -0.39 is 0 Å². The number of carbonyl (C=O) groups excluding carboxylic acids is 1. The number of Topliss-reactive ketones (excluding diaryl/α,β-unsaturated/α-hetero) is 1. The SMILES string of the molecule is O=C(CN1CCc2ccccc2C1)c1cccc(Br)c1. The average molecular weight is 330 g/mol. The molecule has 20 heavy (non-hydrogen) atoms. The third-order valence-corrected chi connectivity index (χ3v) is 4.22. The number of hydrogen-bond acceptors (Lipinski definition) is 2. The second-order valence-corrected chi connectivity index (χ2v) is 6.08. The first-order valence-electron chi connectivity index (χ1n) is 6.80. The number of benzene rings is 2. The van der Waals surface area contributed by atoms with Gasteiger partial charge in [-0.25, -0.2) is 0 Å². The van der Waals surface area contributed by atoms with Crippen molar-refractivity contribution in [3.8, 4) is 0 Å². The molecule has 2 aromatic carbocycles. The van der Waals surface area contributed by atoms with Crippen LogP contribution in [0.15, 0.2) is 53.0 Å². The highest BCUT2D eigenvalue weighted by Crippen LogP contribution is 2.19. The molecule has 2 nitrogen and oxygen atoms in total. The fraction of sp³-hybridized carbons (Fsp3) is 0.235. The lowest BCUT2D eigenvalue weighted by molar-refractivity contribution is 0.0921. The van der Waals surface area contributed by atoms with Crippen LogP contribution >= 0.6 is 15.9 Å². The largest absolute Gasteiger partial charge is 0.293 e. The summed E-state index contributed by atoms with van der Waals surface area (Å²) < 4.78 is 0.951. The van der Waals surface area contributed by atoms with Crippen LogP contribution in [0.5, 0.6) is 0 Å². The fourth-order valence-electron chi connectivity index (χ4n) is 2.65. The zero-order valence-electron chi connectivity index (χ0n) is 11.2. The highest BCUT2D eigenvalue weighted by atomic mass is 79.9. The number of carbonyl (C=O) groups is 1. The normalized spacial score (nSPS) is 14.8. The first-order chi connectivity index (χ1) is 9.72. The Hall–Kier alpha value is -1.45. The average Bonchev–Trinajstić information content (AvgIpc) is 2.47. The van der Waals surface area contributed by atoms with Crippen molar-refractivity contribution in [3.63, 3.8) is 0 Å². The molecule has 0 aliphatic carbocycles. The van der Waals surface area contributed by atoms with Crippen molar-refractivity contribution in [3.05, 3.63) is 69.7 Å². The summed E-state index contributed by atoms with van der Waals surface area (Å²) in [4.78, 5) is 14.5. The summed E-state index contributed by atoms with van der Waals surface area (Å²) in [7, 11) is 0.